The van der Waals surface area contributed by atoms with Gasteiger partial charge in [-0.05, 0) is 43.8 Å². The van der Waals surface area contributed by atoms with Gasteiger partial charge in [-0.2, -0.15) is 0 Å². The molecule has 0 heterocycles. The molecule has 0 spiro atoms. The summed E-state index contributed by atoms with van der Waals surface area (Å²) in [5, 5.41) is 0. The van der Waals surface area contributed by atoms with Gasteiger partial charge in [0.2, 0.25) is 0 Å². The zero-order valence-electron chi connectivity index (χ0n) is 8.76. The van der Waals surface area contributed by atoms with Crippen molar-refractivity contribution in [3.63, 3.8) is 0 Å². The molecule has 0 radical (unpaired) electrons. The molecule has 0 saturated carbocycles. The lowest BCUT2D eigenvalue weighted by Crippen LogP contribution is -2.18. The van der Waals surface area contributed by atoms with Crippen molar-refractivity contribution < 1.29 is 4.39 Å². The Bertz CT molecular complexity index is 279. The Labute approximate surface area is 84.5 Å². The second-order valence-corrected chi connectivity index (χ2v) is 3.63. The Morgan fingerprint density at radius 3 is 2.64 bits per heavy atom. The van der Waals surface area contributed by atoms with Crippen LogP contribution in [0.2, 0.25) is 0 Å². The summed E-state index contributed by atoms with van der Waals surface area (Å²) >= 11 is 0. The molecule has 0 fully saturated rings. The molecular formula is C11H17FN2. The van der Waals surface area contributed by atoms with Crippen molar-refractivity contribution in [3.05, 3.63) is 29.6 Å². The number of nitrogens with zero attached hydrogens (tertiary/aromatic N) is 1. The largest absolute Gasteiger partial charge is 0.399 e. The third-order valence-corrected chi connectivity index (χ3v) is 2.04. The van der Waals surface area contributed by atoms with Crippen LogP contribution in [0.5, 0.6) is 0 Å². The SMILES string of the molecule is CCCN(C)Cc1cc(N)cc(F)c1. The van der Waals surface area contributed by atoms with Crippen LogP contribution in [0, 0.1) is 5.82 Å². The number of halogens is 1. The van der Waals surface area contributed by atoms with Crippen molar-refractivity contribution in [2.75, 3.05) is 19.3 Å². The lowest BCUT2D eigenvalue weighted by atomic mass is 10.2. The van der Waals surface area contributed by atoms with Gasteiger partial charge in [0.05, 0.1) is 0 Å². The summed E-state index contributed by atoms with van der Waals surface area (Å²) in [5.41, 5.74) is 6.97. The summed E-state index contributed by atoms with van der Waals surface area (Å²) in [4.78, 5) is 2.15. The van der Waals surface area contributed by atoms with Crippen LogP contribution in [0.15, 0.2) is 18.2 Å². The van der Waals surface area contributed by atoms with E-state index in [9.17, 15) is 4.39 Å². The number of benzene rings is 1. The van der Waals surface area contributed by atoms with Gasteiger partial charge < -0.3 is 10.6 Å². The first-order valence-corrected chi connectivity index (χ1v) is 4.85. The average molecular weight is 196 g/mol. The number of hydrogen-bond donors (Lipinski definition) is 1. The van der Waals surface area contributed by atoms with Gasteiger partial charge in [-0.15, -0.1) is 0 Å². The molecule has 0 unspecified atom stereocenters. The first kappa shape index (κ1) is 11.0. The Hall–Kier alpha value is -1.09. The molecule has 1 rings (SSSR count). The molecule has 3 heteroatoms. The van der Waals surface area contributed by atoms with Crippen LogP contribution in [0.3, 0.4) is 0 Å². The fourth-order valence-corrected chi connectivity index (χ4v) is 1.54. The predicted molar refractivity (Wildman–Crippen MR) is 57.4 cm³/mol. The number of rotatable bonds is 4. The molecule has 1 aromatic carbocycles. The Morgan fingerprint density at radius 2 is 2.07 bits per heavy atom. The van der Waals surface area contributed by atoms with Crippen molar-refractivity contribution in [2.45, 2.75) is 19.9 Å². The normalized spacial score (nSPS) is 10.9. The number of nitrogens with two attached hydrogens (primary N) is 1. The summed E-state index contributed by atoms with van der Waals surface area (Å²) in [5.74, 6) is -0.259. The van der Waals surface area contributed by atoms with Crippen molar-refractivity contribution >= 4 is 5.69 Å². The van der Waals surface area contributed by atoms with Crippen LogP contribution in [-0.2, 0) is 6.54 Å². The molecule has 0 aliphatic heterocycles. The smallest absolute Gasteiger partial charge is 0.125 e. The number of hydrogen-bond acceptors (Lipinski definition) is 2. The van der Waals surface area contributed by atoms with Gasteiger partial charge >= 0.3 is 0 Å². The van der Waals surface area contributed by atoms with Crippen molar-refractivity contribution in [1.29, 1.82) is 0 Å². The summed E-state index contributed by atoms with van der Waals surface area (Å²) in [6.07, 6.45) is 1.10. The minimum Gasteiger partial charge on any atom is -0.399 e. The second-order valence-electron chi connectivity index (χ2n) is 3.63. The lowest BCUT2D eigenvalue weighted by Gasteiger charge is -2.15. The highest BCUT2D eigenvalue weighted by molar-refractivity contribution is 5.41. The predicted octanol–water partition coefficient (Wildman–Crippen LogP) is 2.25. The lowest BCUT2D eigenvalue weighted by molar-refractivity contribution is 0.327. The van der Waals surface area contributed by atoms with E-state index in [2.05, 4.69) is 11.8 Å². The van der Waals surface area contributed by atoms with E-state index in [1.807, 2.05) is 13.1 Å². The molecule has 2 nitrogen and oxygen atoms in total. The van der Waals surface area contributed by atoms with E-state index < -0.39 is 0 Å². The van der Waals surface area contributed by atoms with Crippen molar-refractivity contribution in [3.8, 4) is 0 Å². The average Bonchev–Trinajstić information content (AvgIpc) is 2.01. The highest BCUT2D eigenvalue weighted by Crippen LogP contribution is 2.12. The molecule has 0 saturated heterocycles. The van der Waals surface area contributed by atoms with E-state index in [1.165, 1.54) is 12.1 Å². The van der Waals surface area contributed by atoms with Gasteiger partial charge in [0.25, 0.3) is 0 Å². The van der Waals surface area contributed by atoms with Crippen LogP contribution >= 0.6 is 0 Å². The number of nitrogen functional groups attached to an aromatic ring is 1. The van der Waals surface area contributed by atoms with Gasteiger partial charge in [0.15, 0.2) is 0 Å². The van der Waals surface area contributed by atoms with Crippen LogP contribution in [0.4, 0.5) is 10.1 Å². The van der Waals surface area contributed by atoms with Gasteiger partial charge in [-0.1, -0.05) is 6.92 Å². The summed E-state index contributed by atoms with van der Waals surface area (Å²) in [7, 11) is 2.02. The minimum absolute atomic E-state index is 0.259. The molecule has 0 amide bonds. The third kappa shape index (κ3) is 3.34. The zero-order valence-corrected chi connectivity index (χ0v) is 8.76. The van der Waals surface area contributed by atoms with Gasteiger partial charge in [0.1, 0.15) is 5.82 Å². The maximum absolute atomic E-state index is 13.0. The molecule has 0 aliphatic carbocycles. The summed E-state index contributed by atoms with van der Waals surface area (Å²) in [6, 6.07) is 4.68. The molecule has 1 aromatic rings. The molecule has 78 valence electrons. The fraction of sp³-hybridized carbons (Fsp3) is 0.455. The number of anilines is 1. The molecule has 2 N–H and O–H groups in total. The third-order valence-electron chi connectivity index (χ3n) is 2.04. The molecule has 0 aromatic heterocycles. The Morgan fingerprint density at radius 1 is 1.36 bits per heavy atom. The van der Waals surface area contributed by atoms with Crippen LogP contribution in [-0.4, -0.2) is 18.5 Å². The van der Waals surface area contributed by atoms with E-state index in [0.717, 1.165) is 25.1 Å². The van der Waals surface area contributed by atoms with E-state index in [4.69, 9.17) is 5.73 Å². The van der Waals surface area contributed by atoms with Crippen LogP contribution < -0.4 is 5.73 Å². The first-order valence-electron chi connectivity index (χ1n) is 4.85. The highest BCUT2D eigenvalue weighted by Gasteiger charge is 2.01. The van der Waals surface area contributed by atoms with E-state index in [0.29, 0.717) is 5.69 Å². The topological polar surface area (TPSA) is 29.3 Å². The van der Waals surface area contributed by atoms with Gasteiger partial charge in [-0.3, -0.25) is 0 Å². The first-order chi connectivity index (χ1) is 6.61. The highest BCUT2D eigenvalue weighted by atomic mass is 19.1. The molecule has 0 bridgehead atoms. The van der Waals surface area contributed by atoms with E-state index >= 15 is 0 Å². The van der Waals surface area contributed by atoms with Gasteiger partial charge in [0, 0.05) is 12.2 Å². The molecule has 14 heavy (non-hydrogen) atoms. The fourth-order valence-electron chi connectivity index (χ4n) is 1.54. The summed E-state index contributed by atoms with van der Waals surface area (Å²) < 4.78 is 13.0. The van der Waals surface area contributed by atoms with E-state index in [-0.39, 0.29) is 5.82 Å². The second kappa shape index (κ2) is 4.96. The zero-order chi connectivity index (χ0) is 10.6. The Kier molecular flexibility index (Phi) is 3.89. The monoisotopic (exact) mass is 196 g/mol. The van der Waals surface area contributed by atoms with Crippen molar-refractivity contribution in [2.24, 2.45) is 0 Å². The maximum Gasteiger partial charge on any atom is 0.125 e. The van der Waals surface area contributed by atoms with Crippen LogP contribution in [0.1, 0.15) is 18.9 Å². The molecule has 0 atom stereocenters. The van der Waals surface area contributed by atoms with Gasteiger partial charge in [-0.25, -0.2) is 4.39 Å². The van der Waals surface area contributed by atoms with E-state index in [1.54, 1.807) is 0 Å². The van der Waals surface area contributed by atoms with Crippen molar-refractivity contribution in [1.82, 2.24) is 4.90 Å². The maximum atomic E-state index is 13.0. The van der Waals surface area contributed by atoms with Crippen LogP contribution in [0.25, 0.3) is 0 Å². The summed E-state index contributed by atoms with van der Waals surface area (Å²) in [6.45, 7) is 3.88. The molecule has 0 aliphatic rings. The standard InChI is InChI=1S/C11H17FN2/c1-3-4-14(2)8-9-5-10(12)7-11(13)6-9/h5-7H,3-4,8,13H2,1-2H3. The minimum atomic E-state index is -0.259. The quantitative estimate of drug-likeness (QED) is 0.748. The Balaban J connectivity index is 2.66. The molecular weight excluding hydrogens is 179 g/mol.